The van der Waals surface area contributed by atoms with Crippen molar-refractivity contribution >= 4 is 11.9 Å². The summed E-state index contributed by atoms with van der Waals surface area (Å²) in [6, 6.07) is 43.4. The normalized spacial score (nSPS) is 14.9. The van der Waals surface area contributed by atoms with Gasteiger partial charge in [0, 0.05) is 96.6 Å². The van der Waals surface area contributed by atoms with Gasteiger partial charge in [-0.05, 0) is 47.2 Å². The van der Waals surface area contributed by atoms with E-state index in [1.54, 1.807) is 18.2 Å². The number of pyridine rings is 3. The summed E-state index contributed by atoms with van der Waals surface area (Å²) in [6.45, 7) is 9.31. The molecular formula is C57H69N7O10. The Morgan fingerprint density at radius 2 is 0.824 bits per heavy atom. The van der Waals surface area contributed by atoms with E-state index in [2.05, 4.69) is 19.6 Å². The Kier molecular flexibility index (Phi) is 20.8. The molecule has 17 heteroatoms. The smallest absolute Gasteiger partial charge is 0.323 e. The number of aromatic nitrogens is 3. The van der Waals surface area contributed by atoms with Gasteiger partial charge in [-0.25, -0.2) is 0 Å². The van der Waals surface area contributed by atoms with Crippen LogP contribution in [-0.4, -0.2) is 118 Å². The Morgan fingerprint density at radius 3 is 1.16 bits per heavy atom. The number of rotatable bonds is 22. The van der Waals surface area contributed by atoms with Gasteiger partial charge in [-0.15, -0.1) is 14.2 Å². The van der Waals surface area contributed by atoms with E-state index in [0.717, 1.165) is 16.7 Å². The summed E-state index contributed by atoms with van der Waals surface area (Å²) in [7, 11) is 1.33. The van der Waals surface area contributed by atoms with E-state index in [0.29, 0.717) is 89.1 Å². The molecule has 1 fully saturated rings. The molecule has 0 aliphatic carbocycles. The highest BCUT2D eigenvalue weighted by atomic mass is 16.7. The second-order valence-corrected chi connectivity index (χ2v) is 18.7. The minimum Gasteiger partial charge on any atom is -0.469 e. The van der Waals surface area contributed by atoms with Crippen LogP contribution in [0.1, 0.15) is 60.5 Å². The van der Waals surface area contributed by atoms with Crippen LogP contribution in [0.2, 0.25) is 0 Å². The topological polar surface area (TPSA) is 159 Å². The van der Waals surface area contributed by atoms with Crippen LogP contribution in [0.15, 0.2) is 160 Å². The largest absolute Gasteiger partial charge is 0.469 e. The SMILES string of the molecule is COC(=O)CCC(C(=O)OCC(C)C)N1CCN(Cc2cccc(=O)n2OCc2ccccc2)CCN(Cc2cccc(=O)n2OCc2ccccc2)CCN(Cc2cccc(=O)n2OCc2ccccc2)CC1. The number of carbonyl (C=O) groups is 2. The van der Waals surface area contributed by atoms with E-state index in [-0.39, 0.29) is 61.9 Å². The third-order valence-corrected chi connectivity index (χ3v) is 12.7. The van der Waals surface area contributed by atoms with E-state index in [4.69, 9.17) is 24.0 Å². The Hall–Kier alpha value is -7.31. The number of nitrogens with zero attached hydrogens (tertiary/aromatic N) is 7. The van der Waals surface area contributed by atoms with E-state index in [9.17, 15) is 24.0 Å². The first-order valence-corrected chi connectivity index (χ1v) is 25.3. The Labute approximate surface area is 432 Å². The van der Waals surface area contributed by atoms with Gasteiger partial charge in [-0.1, -0.05) is 123 Å². The molecule has 3 aromatic carbocycles. The highest BCUT2D eigenvalue weighted by Gasteiger charge is 2.30. The van der Waals surface area contributed by atoms with Crippen LogP contribution >= 0.6 is 0 Å². The molecule has 74 heavy (non-hydrogen) atoms. The zero-order valence-corrected chi connectivity index (χ0v) is 42.7. The Morgan fingerprint density at radius 1 is 0.473 bits per heavy atom. The first kappa shape index (κ1) is 54.5. The lowest BCUT2D eigenvalue weighted by Crippen LogP contribution is -2.51. The number of hydrogen-bond donors (Lipinski definition) is 0. The van der Waals surface area contributed by atoms with E-state index >= 15 is 0 Å². The number of benzene rings is 3. The quantitative estimate of drug-likeness (QED) is 0.0862. The average Bonchev–Trinajstić information content (AvgIpc) is 3.40. The van der Waals surface area contributed by atoms with Gasteiger partial charge in [0.05, 0.1) is 30.8 Å². The molecule has 1 aliphatic heterocycles. The van der Waals surface area contributed by atoms with E-state index in [1.807, 2.05) is 123 Å². The van der Waals surface area contributed by atoms with Gasteiger partial charge < -0.3 is 24.0 Å². The van der Waals surface area contributed by atoms with Gasteiger partial charge in [-0.3, -0.25) is 43.6 Å². The maximum absolute atomic E-state index is 14.2. The third kappa shape index (κ3) is 16.6. The molecule has 4 heterocycles. The molecular weight excluding hydrogens is 943 g/mol. The molecule has 1 aliphatic rings. The van der Waals surface area contributed by atoms with Crippen LogP contribution in [0, 0.1) is 5.92 Å². The molecule has 0 saturated carbocycles. The van der Waals surface area contributed by atoms with Crippen LogP contribution in [0.25, 0.3) is 0 Å². The number of esters is 2. The highest BCUT2D eigenvalue weighted by Crippen LogP contribution is 2.17. The highest BCUT2D eigenvalue weighted by molar-refractivity contribution is 5.77. The molecule has 0 N–H and O–H groups in total. The van der Waals surface area contributed by atoms with Crippen molar-refractivity contribution in [1.29, 1.82) is 0 Å². The molecule has 0 spiro atoms. The summed E-state index contributed by atoms with van der Waals surface area (Å²) in [6.07, 6.45) is 0.167. The number of ether oxygens (including phenoxy) is 2. The van der Waals surface area contributed by atoms with Gasteiger partial charge in [0.1, 0.15) is 25.9 Å². The van der Waals surface area contributed by atoms with Gasteiger partial charge in [0.25, 0.3) is 16.7 Å². The zero-order chi connectivity index (χ0) is 52.1. The molecule has 1 unspecified atom stereocenters. The van der Waals surface area contributed by atoms with Crippen LogP contribution in [0.3, 0.4) is 0 Å². The first-order chi connectivity index (χ1) is 36.0. The first-order valence-electron chi connectivity index (χ1n) is 25.3. The molecule has 1 saturated heterocycles. The second-order valence-electron chi connectivity index (χ2n) is 18.7. The van der Waals surface area contributed by atoms with Gasteiger partial charge in [-0.2, -0.15) is 0 Å². The Bertz CT molecular complexity index is 2740. The summed E-state index contributed by atoms with van der Waals surface area (Å²) in [5, 5.41) is 0. The Balaban J connectivity index is 1.24. The van der Waals surface area contributed by atoms with Crippen molar-refractivity contribution in [3.05, 3.63) is 210 Å². The van der Waals surface area contributed by atoms with Crippen molar-refractivity contribution in [2.45, 2.75) is 72.2 Å². The van der Waals surface area contributed by atoms with E-state index < -0.39 is 18.0 Å². The summed E-state index contributed by atoms with van der Waals surface area (Å²) >= 11 is 0. The average molecular weight is 1010 g/mol. The van der Waals surface area contributed by atoms with Crippen LogP contribution in [0.5, 0.6) is 0 Å². The van der Waals surface area contributed by atoms with Gasteiger partial charge in [0.15, 0.2) is 0 Å². The second kappa shape index (κ2) is 28.2. The maximum Gasteiger partial charge on any atom is 0.323 e. The molecule has 7 rings (SSSR count). The monoisotopic (exact) mass is 1010 g/mol. The maximum atomic E-state index is 14.2. The third-order valence-electron chi connectivity index (χ3n) is 12.7. The standard InChI is InChI=1S/C57H69N7O10/c1-45(2)41-71-57(69)52(28-29-56(68)70-3)61-36-34-59(39-50-23-14-26-54(66)63(50)73-43-47-18-9-5-10-19-47)32-30-58(38-49-22-13-25-53(65)62(49)72-42-46-16-7-4-8-17-46)31-33-60(35-37-61)40-51-24-15-27-55(67)64(51)74-44-48-20-11-6-12-21-48/h4-27,45,52H,28-44H2,1-3H3. The molecule has 1 atom stereocenters. The van der Waals surface area contributed by atoms with Crippen molar-refractivity contribution in [2.75, 3.05) is 66.1 Å². The number of carbonyl (C=O) groups excluding carboxylic acids is 2. The van der Waals surface area contributed by atoms with E-state index in [1.165, 1.54) is 39.5 Å². The fourth-order valence-corrected chi connectivity index (χ4v) is 8.66. The summed E-state index contributed by atoms with van der Waals surface area (Å²) < 4.78 is 15.0. The molecule has 0 radical (unpaired) electrons. The lowest BCUT2D eigenvalue weighted by atomic mass is 10.1. The molecule has 392 valence electrons. The van der Waals surface area contributed by atoms with Crippen molar-refractivity contribution in [3.8, 4) is 0 Å². The number of methoxy groups -OCH3 is 1. The fraction of sp³-hybridized carbons (Fsp3) is 0.386. The molecule has 0 bridgehead atoms. The van der Waals surface area contributed by atoms with Crippen molar-refractivity contribution in [1.82, 2.24) is 33.8 Å². The van der Waals surface area contributed by atoms with Gasteiger partial charge >= 0.3 is 11.9 Å². The van der Waals surface area contributed by atoms with Crippen molar-refractivity contribution in [2.24, 2.45) is 5.92 Å². The van der Waals surface area contributed by atoms with Crippen molar-refractivity contribution in [3.63, 3.8) is 0 Å². The molecule has 17 nitrogen and oxygen atoms in total. The fourth-order valence-electron chi connectivity index (χ4n) is 8.66. The molecule has 0 amide bonds. The van der Waals surface area contributed by atoms with Crippen LogP contribution in [0.4, 0.5) is 0 Å². The lowest BCUT2D eigenvalue weighted by Gasteiger charge is -2.37. The minimum atomic E-state index is -0.796. The van der Waals surface area contributed by atoms with Crippen LogP contribution in [-0.2, 0) is 58.5 Å². The predicted molar refractivity (Wildman–Crippen MR) is 281 cm³/mol. The lowest BCUT2D eigenvalue weighted by molar-refractivity contribution is -0.152. The summed E-state index contributed by atoms with van der Waals surface area (Å²) in [4.78, 5) is 94.8. The predicted octanol–water partition coefficient (Wildman–Crippen LogP) is 4.70. The molecule has 3 aromatic heterocycles. The van der Waals surface area contributed by atoms with Crippen LogP contribution < -0.4 is 31.2 Å². The molecule has 6 aromatic rings. The minimum absolute atomic E-state index is 0.000543. The summed E-state index contributed by atoms with van der Waals surface area (Å²) in [5.41, 5.74) is 3.76. The van der Waals surface area contributed by atoms with Gasteiger partial charge in [0.2, 0.25) is 0 Å². The number of hydrogen-bond acceptors (Lipinski definition) is 14. The summed E-state index contributed by atoms with van der Waals surface area (Å²) in [5.74, 6) is -0.782. The van der Waals surface area contributed by atoms with Crippen molar-refractivity contribution < 1.29 is 33.6 Å². The zero-order valence-electron chi connectivity index (χ0n) is 42.7.